The van der Waals surface area contributed by atoms with Gasteiger partial charge in [-0.05, 0) is 49.3 Å². The third kappa shape index (κ3) is 9.29. The van der Waals surface area contributed by atoms with Crippen molar-refractivity contribution < 1.29 is 14.2 Å². The van der Waals surface area contributed by atoms with E-state index in [0.29, 0.717) is 25.7 Å². The van der Waals surface area contributed by atoms with Crippen LogP contribution in [0.4, 0.5) is 0 Å². The van der Waals surface area contributed by atoms with Gasteiger partial charge < -0.3 is 29.7 Å². The van der Waals surface area contributed by atoms with Gasteiger partial charge >= 0.3 is 0 Å². The molecule has 0 aliphatic heterocycles. The Morgan fingerprint density at radius 3 is 2.24 bits per heavy atom. The summed E-state index contributed by atoms with van der Waals surface area (Å²) in [6, 6.07) is 12.2. The summed E-state index contributed by atoms with van der Waals surface area (Å²) in [5.74, 6) is 3.08. The van der Waals surface area contributed by atoms with Gasteiger partial charge in [-0.25, -0.2) is 0 Å². The molecule has 0 aromatic heterocycles. The van der Waals surface area contributed by atoms with Crippen LogP contribution in [-0.2, 0) is 13.1 Å². The lowest BCUT2D eigenvalue weighted by molar-refractivity contribution is 0.217. The minimum Gasteiger partial charge on any atom is -0.496 e. The van der Waals surface area contributed by atoms with Crippen molar-refractivity contribution in [3.05, 3.63) is 53.1 Å². The van der Waals surface area contributed by atoms with Crippen molar-refractivity contribution in [2.45, 2.75) is 33.9 Å². The number of hydrogen-bond donors (Lipinski definition) is 2. The van der Waals surface area contributed by atoms with Gasteiger partial charge in [0.15, 0.2) is 17.5 Å². The topological polar surface area (TPSA) is 67.4 Å². The predicted octanol–water partition coefficient (Wildman–Crippen LogP) is 4.22. The molecule has 0 atom stereocenters. The first-order valence-electron chi connectivity index (χ1n) is 11.1. The van der Waals surface area contributed by atoms with Crippen LogP contribution in [-0.4, -0.2) is 58.4 Å². The van der Waals surface area contributed by atoms with Crippen LogP contribution in [0.15, 0.2) is 41.4 Å². The van der Waals surface area contributed by atoms with E-state index in [1.165, 1.54) is 5.56 Å². The molecule has 7 nitrogen and oxygen atoms in total. The second kappa shape index (κ2) is 15.6. The summed E-state index contributed by atoms with van der Waals surface area (Å²) < 4.78 is 17.0. The van der Waals surface area contributed by atoms with Gasteiger partial charge in [0, 0.05) is 32.2 Å². The fourth-order valence-corrected chi connectivity index (χ4v) is 3.35. The molecule has 2 N–H and O–H groups in total. The lowest BCUT2D eigenvalue weighted by atomic mass is 10.1. The summed E-state index contributed by atoms with van der Waals surface area (Å²) in [7, 11) is 5.12. The van der Waals surface area contributed by atoms with Crippen molar-refractivity contribution in [3.8, 4) is 17.2 Å². The average molecular weight is 571 g/mol. The Bertz CT molecular complexity index is 873. The summed E-state index contributed by atoms with van der Waals surface area (Å²) >= 11 is 0. The first-order valence-corrected chi connectivity index (χ1v) is 11.1. The molecule has 0 fully saturated rings. The van der Waals surface area contributed by atoms with Crippen LogP contribution in [0.25, 0.3) is 0 Å². The molecule has 0 heterocycles. The molecule has 0 aliphatic carbocycles. The summed E-state index contributed by atoms with van der Waals surface area (Å²) in [6.07, 6.45) is 0. The summed E-state index contributed by atoms with van der Waals surface area (Å²) in [4.78, 5) is 6.65. The van der Waals surface area contributed by atoms with Gasteiger partial charge in [0.05, 0.1) is 14.2 Å². The van der Waals surface area contributed by atoms with Crippen molar-refractivity contribution in [2.75, 3.05) is 47.5 Å². The number of benzene rings is 2. The molecule has 8 heteroatoms. The van der Waals surface area contributed by atoms with E-state index in [2.05, 4.69) is 53.4 Å². The van der Waals surface area contributed by atoms with Gasteiger partial charge in [-0.3, -0.25) is 4.99 Å². The number of rotatable bonds is 12. The normalized spacial score (nSPS) is 11.1. The molecule has 2 rings (SSSR count). The van der Waals surface area contributed by atoms with Crippen LogP contribution < -0.4 is 24.8 Å². The third-order valence-corrected chi connectivity index (χ3v) is 5.36. The van der Waals surface area contributed by atoms with Crippen LogP contribution in [0.1, 0.15) is 30.5 Å². The molecule has 0 amide bonds. The Morgan fingerprint density at radius 1 is 0.909 bits per heavy atom. The number of hydrogen-bond acceptors (Lipinski definition) is 5. The largest absolute Gasteiger partial charge is 0.496 e. The maximum absolute atomic E-state index is 5.95. The van der Waals surface area contributed by atoms with Crippen LogP contribution in [0.3, 0.4) is 0 Å². The van der Waals surface area contributed by atoms with Gasteiger partial charge in [0.2, 0.25) is 0 Å². The molecule has 0 bridgehead atoms. The van der Waals surface area contributed by atoms with Crippen molar-refractivity contribution in [3.63, 3.8) is 0 Å². The molecular formula is C25H39IN4O3. The minimum absolute atomic E-state index is 0. The average Bonchev–Trinajstić information content (AvgIpc) is 2.82. The Hall–Kier alpha value is -2.20. The van der Waals surface area contributed by atoms with E-state index in [4.69, 9.17) is 14.2 Å². The number of guanidine groups is 1. The molecule has 0 aliphatic rings. The van der Waals surface area contributed by atoms with E-state index in [1.807, 2.05) is 24.3 Å². The number of nitrogens with one attached hydrogen (secondary N) is 2. The zero-order chi connectivity index (χ0) is 23.3. The second-order valence-corrected chi connectivity index (χ2v) is 7.46. The molecular weight excluding hydrogens is 531 g/mol. The Kier molecular flexibility index (Phi) is 13.6. The van der Waals surface area contributed by atoms with Gasteiger partial charge in [0.25, 0.3) is 0 Å². The molecule has 0 unspecified atom stereocenters. The predicted molar refractivity (Wildman–Crippen MR) is 146 cm³/mol. The smallest absolute Gasteiger partial charge is 0.191 e. The molecule has 2 aromatic rings. The first-order chi connectivity index (χ1) is 15.5. The van der Waals surface area contributed by atoms with E-state index < -0.39 is 0 Å². The molecule has 0 saturated carbocycles. The van der Waals surface area contributed by atoms with Crippen molar-refractivity contribution in [1.82, 2.24) is 15.5 Å². The van der Waals surface area contributed by atoms with E-state index in [-0.39, 0.29) is 24.0 Å². The summed E-state index contributed by atoms with van der Waals surface area (Å²) in [6.45, 7) is 11.2. The number of nitrogens with zero attached hydrogens (tertiary/aromatic N) is 2. The summed E-state index contributed by atoms with van der Waals surface area (Å²) in [5, 5.41) is 6.68. The van der Waals surface area contributed by atoms with E-state index in [0.717, 1.165) is 48.0 Å². The number of halogens is 1. The number of likely N-dealkylation sites (N-methyl/N-ethyl adjacent to an activating group) is 1. The van der Waals surface area contributed by atoms with E-state index in [1.54, 1.807) is 21.3 Å². The molecule has 2 aromatic carbocycles. The monoisotopic (exact) mass is 570 g/mol. The van der Waals surface area contributed by atoms with Gasteiger partial charge in [-0.15, -0.1) is 24.0 Å². The van der Waals surface area contributed by atoms with Crippen LogP contribution in [0.2, 0.25) is 0 Å². The number of methoxy groups -OCH3 is 2. The third-order valence-electron chi connectivity index (χ3n) is 5.36. The fourth-order valence-electron chi connectivity index (χ4n) is 3.35. The maximum Gasteiger partial charge on any atom is 0.191 e. The highest BCUT2D eigenvalue weighted by molar-refractivity contribution is 14.0. The number of ether oxygens (including phenoxy) is 3. The van der Waals surface area contributed by atoms with Gasteiger partial charge in [-0.2, -0.15) is 0 Å². The zero-order valence-electron chi connectivity index (χ0n) is 20.7. The molecule has 184 valence electrons. The van der Waals surface area contributed by atoms with Crippen molar-refractivity contribution >= 4 is 29.9 Å². The zero-order valence-corrected chi connectivity index (χ0v) is 23.1. The van der Waals surface area contributed by atoms with Crippen LogP contribution in [0.5, 0.6) is 17.2 Å². The molecule has 0 saturated heterocycles. The van der Waals surface area contributed by atoms with E-state index in [9.17, 15) is 0 Å². The Balaban J connectivity index is 0.00000544. The van der Waals surface area contributed by atoms with Crippen LogP contribution in [0, 0.1) is 6.92 Å². The number of aryl methyl sites for hydroxylation is 1. The summed E-state index contributed by atoms with van der Waals surface area (Å²) in [5.41, 5.74) is 3.32. The van der Waals surface area contributed by atoms with Gasteiger partial charge in [-0.1, -0.05) is 32.0 Å². The standard InChI is InChI=1S/C25H38N4O3.HI/c1-7-29(8-2)13-14-32-22-12-10-20(16-24(22)31-6)17-27-25(26-4)28-18-21-11-9-19(3)15-23(21)30-5;/h9-12,15-16H,7-8,13-14,17-18H2,1-6H3,(H2,26,27,28);1H. The molecule has 33 heavy (non-hydrogen) atoms. The first kappa shape index (κ1) is 28.8. The molecule has 0 radical (unpaired) electrons. The van der Waals surface area contributed by atoms with E-state index >= 15 is 0 Å². The molecule has 0 spiro atoms. The number of aliphatic imine (C=N–C) groups is 1. The quantitative estimate of drug-likeness (QED) is 0.227. The minimum atomic E-state index is 0. The lowest BCUT2D eigenvalue weighted by Crippen LogP contribution is -2.36. The SMILES string of the molecule is CCN(CC)CCOc1ccc(CNC(=NC)NCc2ccc(C)cc2OC)cc1OC.I. The Labute approximate surface area is 215 Å². The van der Waals surface area contributed by atoms with Crippen molar-refractivity contribution in [1.29, 1.82) is 0 Å². The highest BCUT2D eigenvalue weighted by Crippen LogP contribution is 2.28. The second-order valence-electron chi connectivity index (χ2n) is 7.46. The Morgan fingerprint density at radius 2 is 1.61 bits per heavy atom. The van der Waals surface area contributed by atoms with Crippen LogP contribution >= 0.6 is 24.0 Å². The fraction of sp³-hybridized carbons (Fsp3) is 0.480. The highest BCUT2D eigenvalue weighted by Gasteiger charge is 2.09. The van der Waals surface area contributed by atoms with Crippen molar-refractivity contribution in [2.24, 2.45) is 4.99 Å². The maximum atomic E-state index is 5.95. The van der Waals surface area contributed by atoms with Gasteiger partial charge in [0.1, 0.15) is 12.4 Å². The lowest BCUT2D eigenvalue weighted by Gasteiger charge is -2.19. The highest BCUT2D eigenvalue weighted by atomic mass is 127.